The Bertz CT molecular complexity index is 1180. The average Bonchev–Trinajstić information content (AvgIpc) is 2.98. The van der Waals surface area contributed by atoms with E-state index >= 15 is 0 Å². The van der Waals surface area contributed by atoms with E-state index in [1.54, 1.807) is 41.5 Å². The molecule has 0 aliphatic carbocycles. The molecule has 1 aromatic rings. The molecule has 14 heteroatoms. The number of hydrogen-bond acceptors (Lipinski definition) is 11. The van der Waals surface area contributed by atoms with Crippen LogP contribution in [0.5, 0.6) is 0 Å². The van der Waals surface area contributed by atoms with Crippen LogP contribution in [0.3, 0.4) is 0 Å². The lowest BCUT2D eigenvalue weighted by Crippen LogP contribution is -2.55. The molecule has 3 N–H and O–H groups in total. The molecular formula is C32H50N4O10. The summed E-state index contributed by atoms with van der Waals surface area (Å²) in [6.07, 6.45) is -0.568. The normalized spacial score (nSPS) is 21.5. The fourth-order valence-electron chi connectivity index (χ4n) is 4.79. The van der Waals surface area contributed by atoms with E-state index < -0.39 is 53.3 Å². The van der Waals surface area contributed by atoms with Crippen molar-refractivity contribution in [3.63, 3.8) is 0 Å². The summed E-state index contributed by atoms with van der Waals surface area (Å²) in [7, 11) is 2.60. The van der Waals surface area contributed by atoms with Crippen LogP contribution in [0.2, 0.25) is 0 Å². The van der Waals surface area contributed by atoms with E-state index in [0.717, 1.165) is 5.56 Å². The summed E-state index contributed by atoms with van der Waals surface area (Å²) >= 11 is 0. The van der Waals surface area contributed by atoms with Crippen molar-refractivity contribution in [2.45, 2.75) is 84.3 Å². The van der Waals surface area contributed by atoms with Crippen molar-refractivity contribution in [2.24, 2.45) is 17.6 Å². The number of alkyl carbamates (subject to hydrolysis) is 1. The molecule has 2 fully saturated rings. The van der Waals surface area contributed by atoms with Gasteiger partial charge in [-0.2, -0.15) is 0 Å². The monoisotopic (exact) mass is 650 g/mol. The topological polar surface area (TPSA) is 176 Å². The van der Waals surface area contributed by atoms with Crippen molar-refractivity contribution in [2.75, 3.05) is 40.4 Å². The third-order valence-corrected chi connectivity index (χ3v) is 7.11. The van der Waals surface area contributed by atoms with Gasteiger partial charge in [-0.15, -0.1) is 0 Å². The van der Waals surface area contributed by atoms with Gasteiger partial charge in [0.15, 0.2) is 0 Å². The van der Waals surface area contributed by atoms with Crippen molar-refractivity contribution >= 4 is 30.2 Å². The van der Waals surface area contributed by atoms with Gasteiger partial charge >= 0.3 is 30.2 Å². The number of carbonyl (C=O) groups excluding carboxylic acids is 5. The Morgan fingerprint density at radius 2 is 1.26 bits per heavy atom. The Kier molecular flexibility index (Phi) is 14.1. The predicted octanol–water partition coefficient (Wildman–Crippen LogP) is 3.46. The second-order valence-corrected chi connectivity index (χ2v) is 13.2. The maximum Gasteiger partial charge on any atom is 0.410 e. The number of esters is 2. The summed E-state index contributed by atoms with van der Waals surface area (Å²) in [5.41, 5.74) is 5.55. The number of rotatable bonds is 5. The van der Waals surface area contributed by atoms with Crippen molar-refractivity contribution in [3.05, 3.63) is 35.9 Å². The van der Waals surface area contributed by atoms with E-state index in [0.29, 0.717) is 25.9 Å². The molecule has 1 aromatic carbocycles. The van der Waals surface area contributed by atoms with Gasteiger partial charge in [-0.3, -0.25) is 9.59 Å². The smallest absolute Gasteiger partial charge is 0.410 e. The number of methoxy groups -OCH3 is 2. The molecule has 2 aliphatic rings. The lowest BCUT2D eigenvalue weighted by Gasteiger charge is -2.37. The van der Waals surface area contributed by atoms with Crippen LogP contribution in [0.4, 0.5) is 14.4 Å². The van der Waals surface area contributed by atoms with Gasteiger partial charge in [0.1, 0.15) is 17.8 Å². The van der Waals surface area contributed by atoms with Crippen LogP contribution in [0.1, 0.15) is 59.9 Å². The summed E-state index contributed by atoms with van der Waals surface area (Å²) in [6, 6.07) is 8.54. The Morgan fingerprint density at radius 3 is 1.76 bits per heavy atom. The second-order valence-electron chi connectivity index (χ2n) is 13.2. The van der Waals surface area contributed by atoms with E-state index in [4.69, 9.17) is 29.4 Å². The third-order valence-electron chi connectivity index (χ3n) is 7.11. The molecule has 4 atom stereocenters. The van der Waals surface area contributed by atoms with Crippen LogP contribution in [0, 0.1) is 11.8 Å². The van der Waals surface area contributed by atoms with Crippen LogP contribution in [0.25, 0.3) is 0 Å². The fraction of sp³-hybridized carbons (Fsp3) is 0.656. The van der Waals surface area contributed by atoms with Crippen LogP contribution in [-0.4, -0.2) is 104 Å². The molecule has 0 saturated carbocycles. The molecule has 3 rings (SSSR count). The quantitative estimate of drug-likeness (QED) is 0.353. The molecule has 2 heterocycles. The molecule has 0 bridgehead atoms. The maximum absolute atomic E-state index is 12.3. The van der Waals surface area contributed by atoms with E-state index in [1.807, 2.05) is 30.3 Å². The number of likely N-dealkylation sites (tertiary alicyclic amines) is 2. The lowest BCUT2D eigenvalue weighted by molar-refractivity contribution is -0.149. The molecule has 0 unspecified atom stereocenters. The first-order chi connectivity index (χ1) is 21.4. The van der Waals surface area contributed by atoms with Gasteiger partial charge in [-0.05, 0) is 59.9 Å². The highest BCUT2D eigenvalue weighted by Gasteiger charge is 2.39. The Hall–Kier alpha value is -4.07. The molecule has 0 spiro atoms. The molecule has 3 amide bonds. The standard InChI is InChI=1S/C20H28N2O6.C12H22N2O4/c1-20(2,3)28-19(25)22-11-10-16(15(12-22)17(23)26-4)21-18(24)27-13-14-8-6-5-7-9-14;1-12(2,3)18-11(16)14-6-5-9(13)8(7-14)10(15)17-4/h5-9,15-16H,10-13H2,1-4H3,(H,21,24);8-9H,5-7,13H2,1-4H3/t15-,16+;8-,9+/m11/s1. The van der Waals surface area contributed by atoms with E-state index in [1.165, 1.54) is 24.0 Å². The van der Waals surface area contributed by atoms with Crippen molar-refractivity contribution < 1.29 is 47.7 Å². The summed E-state index contributed by atoms with van der Waals surface area (Å²) in [5.74, 6) is -2.05. The van der Waals surface area contributed by atoms with Gasteiger partial charge in [0, 0.05) is 38.3 Å². The molecule has 46 heavy (non-hydrogen) atoms. The summed E-state index contributed by atoms with van der Waals surface area (Å²) < 4.78 is 25.4. The molecule has 2 aliphatic heterocycles. The van der Waals surface area contributed by atoms with Gasteiger partial charge in [0.25, 0.3) is 0 Å². The van der Waals surface area contributed by atoms with Gasteiger partial charge in [0.2, 0.25) is 0 Å². The molecular weight excluding hydrogens is 600 g/mol. The van der Waals surface area contributed by atoms with Crippen LogP contribution in [-0.2, 0) is 39.9 Å². The van der Waals surface area contributed by atoms with Crippen molar-refractivity contribution in [3.8, 4) is 0 Å². The summed E-state index contributed by atoms with van der Waals surface area (Å²) in [6.45, 7) is 12.1. The first-order valence-electron chi connectivity index (χ1n) is 15.3. The fourth-order valence-corrected chi connectivity index (χ4v) is 4.79. The Labute approximate surface area is 271 Å². The van der Waals surface area contributed by atoms with Gasteiger partial charge < -0.3 is 44.5 Å². The predicted molar refractivity (Wildman–Crippen MR) is 167 cm³/mol. The van der Waals surface area contributed by atoms with E-state index in [9.17, 15) is 24.0 Å². The second kappa shape index (κ2) is 17.0. The molecule has 2 saturated heterocycles. The maximum atomic E-state index is 12.3. The van der Waals surface area contributed by atoms with E-state index in [2.05, 4.69) is 5.32 Å². The summed E-state index contributed by atoms with van der Waals surface area (Å²) in [5, 5.41) is 2.72. The third kappa shape index (κ3) is 12.7. The highest BCUT2D eigenvalue weighted by atomic mass is 16.6. The summed E-state index contributed by atoms with van der Waals surface area (Å²) in [4.78, 5) is 63.1. The number of amides is 3. The Balaban J connectivity index is 0.000000353. The van der Waals surface area contributed by atoms with Crippen LogP contribution in [0.15, 0.2) is 30.3 Å². The number of nitrogens with zero attached hydrogens (tertiary/aromatic N) is 2. The minimum atomic E-state index is -0.699. The molecule has 0 aromatic heterocycles. The SMILES string of the molecule is COC(=O)[C@@H]1CN(C(=O)OC(C)(C)C)CC[C@@H]1N.COC(=O)[C@@H]1CN(C(=O)OC(C)(C)C)CC[C@@H]1NC(=O)OCc1ccccc1. The highest BCUT2D eigenvalue weighted by Crippen LogP contribution is 2.22. The van der Waals surface area contributed by atoms with Gasteiger partial charge in [-0.1, -0.05) is 30.3 Å². The van der Waals surface area contributed by atoms with Gasteiger partial charge in [-0.25, -0.2) is 14.4 Å². The zero-order valence-electron chi connectivity index (χ0n) is 28.2. The van der Waals surface area contributed by atoms with Crippen LogP contribution < -0.4 is 11.1 Å². The first kappa shape index (κ1) is 38.1. The minimum Gasteiger partial charge on any atom is -0.469 e. The number of piperidine rings is 2. The zero-order valence-corrected chi connectivity index (χ0v) is 28.2. The minimum absolute atomic E-state index is 0.102. The van der Waals surface area contributed by atoms with Crippen LogP contribution >= 0.6 is 0 Å². The number of ether oxygens (including phenoxy) is 5. The highest BCUT2D eigenvalue weighted by molar-refractivity contribution is 5.77. The number of carbonyl (C=O) groups is 5. The largest absolute Gasteiger partial charge is 0.469 e. The number of nitrogens with one attached hydrogen (secondary N) is 1. The van der Waals surface area contributed by atoms with Crippen molar-refractivity contribution in [1.82, 2.24) is 15.1 Å². The molecule has 14 nitrogen and oxygen atoms in total. The lowest BCUT2D eigenvalue weighted by atomic mass is 9.92. The average molecular weight is 651 g/mol. The number of benzene rings is 1. The van der Waals surface area contributed by atoms with Crippen molar-refractivity contribution in [1.29, 1.82) is 0 Å². The van der Waals surface area contributed by atoms with Gasteiger partial charge in [0.05, 0.1) is 26.1 Å². The first-order valence-corrected chi connectivity index (χ1v) is 15.3. The number of nitrogens with two attached hydrogens (primary N) is 1. The molecule has 0 radical (unpaired) electrons. The molecule has 258 valence electrons. The zero-order chi connectivity index (χ0) is 34.7. The number of hydrogen-bond donors (Lipinski definition) is 2. The Morgan fingerprint density at radius 1 is 0.783 bits per heavy atom. The van der Waals surface area contributed by atoms with E-state index in [-0.39, 0.29) is 31.7 Å².